The van der Waals surface area contributed by atoms with E-state index in [1.54, 1.807) is 13.3 Å². The zero-order valence-corrected chi connectivity index (χ0v) is 15.4. The summed E-state index contributed by atoms with van der Waals surface area (Å²) in [6.45, 7) is 3.46. The highest BCUT2D eigenvalue weighted by atomic mass is 16.5. The van der Waals surface area contributed by atoms with Gasteiger partial charge in [-0.05, 0) is 43.0 Å². The van der Waals surface area contributed by atoms with Crippen molar-refractivity contribution in [3.63, 3.8) is 0 Å². The van der Waals surface area contributed by atoms with Crippen LogP contribution in [-0.2, 0) is 11.3 Å². The molecule has 1 aliphatic rings. The highest BCUT2D eigenvalue weighted by Gasteiger charge is 2.35. The second kappa shape index (κ2) is 8.92. The monoisotopic (exact) mass is 353 g/mol. The quantitative estimate of drug-likeness (QED) is 0.832. The van der Waals surface area contributed by atoms with Crippen molar-refractivity contribution in [2.75, 3.05) is 26.8 Å². The summed E-state index contributed by atoms with van der Waals surface area (Å²) in [5.41, 5.74) is 1.74. The van der Waals surface area contributed by atoms with Gasteiger partial charge in [0.1, 0.15) is 0 Å². The van der Waals surface area contributed by atoms with Crippen LogP contribution in [0.4, 0.5) is 0 Å². The Morgan fingerprint density at radius 3 is 2.62 bits per heavy atom. The zero-order chi connectivity index (χ0) is 18.2. The first-order valence-electron chi connectivity index (χ1n) is 9.19. The summed E-state index contributed by atoms with van der Waals surface area (Å²) in [5, 5.41) is 3.31. The van der Waals surface area contributed by atoms with Gasteiger partial charge < -0.3 is 10.1 Å². The molecule has 0 atom stereocenters. The Morgan fingerprint density at radius 1 is 1.19 bits per heavy atom. The molecule has 0 aliphatic carbocycles. The van der Waals surface area contributed by atoms with Gasteiger partial charge in [-0.25, -0.2) is 0 Å². The molecule has 5 nitrogen and oxygen atoms in total. The lowest BCUT2D eigenvalue weighted by Gasteiger charge is -2.42. The summed E-state index contributed by atoms with van der Waals surface area (Å²) in [6.07, 6.45) is 6.41. The number of piperidine rings is 1. The molecule has 0 spiro atoms. The Labute approximate surface area is 155 Å². The van der Waals surface area contributed by atoms with Gasteiger partial charge in [-0.1, -0.05) is 24.3 Å². The number of amides is 1. The molecule has 1 aromatic heterocycles. The molecule has 1 saturated heterocycles. The second-order valence-electron chi connectivity index (χ2n) is 6.98. The molecule has 5 heteroatoms. The number of methoxy groups -OCH3 is 1. The van der Waals surface area contributed by atoms with Crippen LogP contribution in [0.25, 0.3) is 0 Å². The highest BCUT2D eigenvalue weighted by Crippen LogP contribution is 2.27. The normalized spacial score (nSPS) is 17.0. The van der Waals surface area contributed by atoms with Crippen LogP contribution < -0.4 is 5.32 Å². The van der Waals surface area contributed by atoms with Gasteiger partial charge in [0.25, 0.3) is 5.91 Å². The van der Waals surface area contributed by atoms with Crippen molar-refractivity contribution in [1.29, 1.82) is 0 Å². The molecule has 2 heterocycles. The van der Waals surface area contributed by atoms with Crippen molar-refractivity contribution in [2.24, 2.45) is 0 Å². The van der Waals surface area contributed by atoms with E-state index in [2.05, 4.69) is 21.3 Å². The molecule has 0 saturated carbocycles. The number of hydrogen-bond donors (Lipinski definition) is 1. The lowest BCUT2D eigenvalue weighted by atomic mass is 9.84. The maximum Gasteiger partial charge on any atom is 0.251 e. The number of ether oxygens (including phenoxy) is 1. The number of benzene rings is 1. The fourth-order valence-corrected chi connectivity index (χ4v) is 3.53. The number of carbonyl (C=O) groups excluding carboxylic acids is 1. The number of carbonyl (C=O) groups is 1. The van der Waals surface area contributed by atoms with E-state index < -0.39 is 0 Å². The van der Waals surface area contributed by atoms with E-state index in [9.17, 15) is 4.79 Å². The number of aromatic nitrogens is 1. The fraction of sp³-hybridized carbons (Fsp3) is 0.429. The van der Waals surface area contributed by atoms with Gasteiger partial charge in [-0.3, -0.25) is 14.7 Å². The summed E-state index contributed by atoms with van der Waals surface area (Å²) in [7, 11) is 1.71. The Balaban J connectivity index is 1.62. The first-order valence-corrected chi connectivity index (χ1v) is 9.19. The lowest BCUT2D eigenvalue weighted by Crippen LogP contribution is -2.55. The third-order valence-electron chi connectivity index (χ3n) is 5.14. The van der Waals surface area contributed by atoms with Gasteiger partial charge in [-0.15, -0.1) is 0 Å². The average Bonchev–Trinajstić information content (AvgIpc) is 2.70. The number of likely N-dealkylation sites (tertiary alicyclic amines) is 1. The number of nitrogens with zero attached hydrogens (tertiary/aromatic N) is 2. The smallest absolute Gasteiger partial charge is 0.251 e. The summed E-state index contributed by atoms with van der Waals surface area (Å²) >= 11 is 0. The molecule has 1 aliphatic heterocycles. The highest BCUT2D eigenvalue weighted by molar-refractivity contribution is 5.94. The first kappa shape index (κ1) is 18.5. The van der Waals surface area contributed by atoms with E-state index in [-0.39, 0.29) is 11.4 Å². The SMILES string of the molecule is COCCC1(NC(=O)c2ccccc2)CCN(Cc2cccnc2)CC1. The van der Waals surface area contributed by atoms with Crippen LogP contribution in [0.1, 0.15) is 35.2 Å². The van der Waals surface area contributed by atoms with Crippen LogP contribution in [-0.4, -0.2) is 48.1 Å². The Morgan fingerprint density at radius 2 is 1.96 bits per heavy atom. The molecule has 26 heavy (non-hydrogen) atoms. The number of pyridine rings is 1. The van der Waals surface area contributed by atoms with Crippen LogP contribution in [0.2, 0.25) is 0 Å². The Kier molecular flexibility index (Phi) is 6.36. The van der Waals surface area contributed by atoms with E-state index in [0.717, 1.165) is 38.9 Å². The number of hydrogen-bond acceptors (Lipinski definition) is 4. The maximum absolute atomic E-state index is 12.7. The van der Waals surface area contributed by atoms with E-state index in [1.165, 1.54) is 5.56 Å². The maximum atomic E-state index is 12.7. The molecule has 0 radical (unpaired) electrons. The minimum Gasteiger partial charge on any atom is -0.385 e. The molecule has 1 N–H and O–H groups in total. The molecule has 0 unspecified atom stereocenters. The largest absolute Gasteiger partial charge is 0.385 e. The van der Waals surface area contributed by atoms with E-state index in [4.69, 9.17) is 4.74 Å². The van der Waals surface area contributed by atoms with Crippen molar-refractivity contribution < 1.29 is 9.53 Å². The third kappa shape index (κ3) is 4.90. The van der Waals surface area contributed by atoms with Crippen LogP contribution >= 0.6 is 0 Å². The molecular weight excluding hydrogens is 326 g/mol. The van der Waals surface area contributed by atoms with Crippen molar-refractivity contribution in [2.45, 2.75) is 31.3 Å². The molecule has 2 aromatic rings. The topological polar surface area (TPSA) is 54.5 Å². The Hall–Kier alpha value is -2.24. The summed E-state index contributed by atoms with van der Waals surface area (Å²) in [6, 6.07) is 13.5. The minimum absolute atomic E-state index is 0.00223. The standard InChI is InChI=1S/C21H27N3O2/c1-26-15-11-21(23-20(25)19-7-3-2-4-8-19)9-13-24(14-10-21)17-18-6-5-12-22-16-18/h2-8,12,16H,9-11,13-15,17H2,1H3,(H,23,25). The van der Waals surface area contributed by atoms with Crippen molar-refractivity contribution >= 4 is 5.91 Å². The molecule has 0 bridgehead atoms. The number of rotatable bonds is 7. The third-order valence-corrected chi connectivity index (χ3v) is 5.14. The van der Waals surface area contributed by atoms with Gasteiger partial charge in [-0.2, -0.15) is 0 Å². The van der Waals surface area contributed by atoms with Crippen molar-refractivity contribution in [3.8, 4) is 0 Å². The van der Waals surface area contributed by atoms with Crippen LogP contribution in [0.15, 0.2) is 54.9 Å². The van der Waals surface area contributed by atoms with Gasteiger partial charge in [0.15, 0.2) is 0 Å². The van der Waals surface area contributed by atoms with Crippen molar-refractivity contribution in [1.82, 2.24) is 15.2 Å². The predicted molar refractivity (Wildman–Crippen MR) is 102 cm³/mol. The number of nitrogens with one attached hydrogen (secondary N) is 1. The van der Waals surface area contributed by atoms with Gasteiger partial charge in [0.2, 0.25) is 0 Å². The molecule has 138 valence electrons. The molecule has 1 amide bonds. The van der Waals surface area contributed by atoms with Crippen molar-refractivity contribution in [3.05, 3.63) is 66.0 Å². The van der Waals surface area contributed by atoms with E-state index in [0.29, 0.717) is 12.2 Å². The van der Waals surface area contributed by atoms with Crippen LogP contribution in [0.3, 0.4) is 0 Å². The van der Waals surface area contributed by atoms with Gasteiger partial charge >= 0.3 is 0 Å². The predicted octanol–water partition coefficient (Wildman–Crippen LogP) is 2.88. The molecule has 1 fully saturated rings. The average molecular weight is 353 g/mol. The van der Waals surface area contributed by atoms with Crippen LogP contribution in [0.5, 0.6) is 0 Å². The second-order valence-corrected chi connectivity index (χ2v) is 6.98. The molecule has 3 rings (SSSR count). The van der Waals surface area contributed by atoms with Gasteiger partial charge in [0.05, 0.1) is 0 Å². The van der Waals surface area contributed by atoms with Crippen LogP contribution in [0, 0.1) is 0 Å². The molecule has 1 aromatic carbocycles. The van der Waals surface area contributed by atoms with Gasteiger partial charge in [0, 0.05) is 56.8 Å². The van der Waals surface area contributed by atoms with E-state index >= 15 is 0 Å². The lowest BCUT2D eigenvalue weighted by molar-refractivity contribution is 0.0690. The Bertz CT molecular complexity index is 683. The fourth-order valence-electron chi connectivity index (χ4n) is 3.53. The minimum atomic E-state index is -0.200. The zero-order valence-electron chi connectivity index (χ0n) is 15.4. The molecular formula is C21H27N3O2. The summed E-state index contributed by atoms with van der Waals surface area (Å²) < 4.78 is 5.31. The summed E-state index contributed by atoms with van der Waals surface area (Å²) in [5.74, 6) is 0.00223. The summed E-state index contributed by atoms with van der Waals surface area (Å²) in [4.78, 5) is 19.3. The first-order chi connectivity index (χ1) is 12.7. The van der Waals surface area contributed by atoms with E-state index in [1.807, 2.05) is 42.6 Å².